The van der Waals surface area contributed by atoms with Crippen molar-refractivity contribution in [3.05, 3.63) is 114 Å². The Bertz CT molecular complexity index is 2090. The summed E-state index contributed by atoms with van der Waals surface area (Å²) in [6.07, 6.45) is 6.79. The number of phenols is 1. The molecule has 4 N–H and O–H groups in total. The summed E-state index contributed by atoms with van der Waals surface area (Å²) in [5, 5.41) is 24.6. The van der Waals surface area contributed by atoms with E-state index in [0.29, 0.717) is 30.0 Å². The zero-order chi connectivity index (χ0) is 40.3. The Hall–Kier alpha value is -6.77. The number of hydrogen-bond acceptors (Lipinski definition) is 11. The van der Waals surface area contributed by atoms with E-state index in [0.717, 1.165) is 48.3 Å². The lowest BCUT2D eigenvalue weighted by atomic mass is 10.1. The number of aryl methyl sites for hydroxylation is 1. The quantitative estimate of drug-likeness (QED) is 0.0332. The highest BCUT2D eigenvalue weighted by Gasteiger charge is 2.21. The first-order chi connectivity index (χ1) is 27.1. The van der Waals surface area contributed by atoms with Crippen molar-refractivity contribution in [1.82, 2.24) is 20.0 Å². The Morgan fingerprint density at radius 2 is 1.70 bits per heavy atom. The number of carbonyl (C=O) groups excluding carboxylic acids is 3. The van der Waals surface area contributed by atoms with Gasteiger partial charge in [-0.05, 0) is 73.5 Å². The molecule has 2 aromatic heterocycles. The van der Waals surface area contributed by atoms with Gasteiger partial charge in [0, 0.05) is 31.0 Å². The molecule has 0 aliphatic rings. The molecule has 0 atom stereocenters. The number of nitrogens with one attached hydrogen (secondary N) is 2. The van der Waals surface area contributed by atoms with E-state index in [2.05, 4.69) is 27.8 Å². The summed E-state index contributed by atoms with van der Waals surface area (Å²) in [5.74, 6) is -0.737. The number of ether oxygens (including phenoxy) is 2. The molecule has 0 bridgehead atoms. The van der Waals surface area contributed by atoms with Gasteiger partial charge in [-0.1, -0.05) is 56.5 Å². The van der Waals surface area contributed by atoms with E-state index in [-0.39, 0.29) is 42.8 Å². The second-order valence-corrected chi connectivity index (χ2v) is 12.4. The van der Waals surface area contributed by atoms with E-state index in [1.807, 2.05) is 41.9 Å². The Morgan fingerprint density at radius 1 is 0.929 bits per heavy atom. The van der Waals surface area contributed by atoms with E-state index in [1.165, 1.54) is 17.0 Å². The predicted octanol–water partition coefficient (Wildman–Crippen LogP) is 6.91. The molecular weight excluding hydrogens is 718 g/mol. The van der Waals surface area contributed by atoms with Crippen LogP contribution >= 0.6 is 0 Å². The lowest BCUT2D eigenvalue weighted by Gasteiger charge is -2.21. The first-order valence-electron chi connectivity index (χ1n) is 18.3. The minimum absolute atomic E-state index is 0.0519. The molecule has 0 spiro atoms. The molecular formula is C41H47N7O8. The van der Waals surface area contributed by atoms with Crippen LogP contribution in [0, 0.1) is 0 Å². The van der Waals surface area contributed by atoms with Crippen molar-refractivity contribution in [2.24, 2.45) is 12.1 Å². The number of fused-ring (bicyclic) bond motifs is 1. The number of hydrazone groups is 1. The second kappa shape index (κ2) is 21.8. The average molecular weight is 766 g/mol. The van der Waals surface area contributed by atoms with Crippen molar-refractivity contribution in [3.8, 4) is 5.75 Å². The van der Waals surface area contributed by atoms with Crippen molar-refractivity contribution in [2.75, 3.05) is 30.0 Å². The molecule has 56 heavy (non-hydrogen) atoms. The highest BCUT2D eigenvalue weighted by molar-refractivity contribution is 6.07. The van der Waals surface area contributed by atoms with Crippen LogP contribution < -0.4 is 15.6 Å². The molecule has 0 fully saturated rings. The van der Waals surface area contributed by atoms with Crippen LogP contribution in [-0.4, -0.2) is 74.7 Å². The normalized spacial score (nSPS) is 10.7. The molecule has 0 radical (unpaired) electrons. The first kappa shape index (κ1) is 42.0. The third-order valence-electron chi connectivity index (χ3n) is 8.33. The van der Waals surface area contributed by atoms with Crippen LogP contribution in [0.25, 0.3) is 11.0 Å². The fraction of sp³-hybridized carbons (Fsp3) is 0.293. The number of imidazole rings is 1. The maximum absolute atomic E-state index is 13.6. The van der Waals surface area contributed by atoms with Crippen molar-refractivity contribution in [3.63, 3.8) is 0 Å². The molecule has 294 valence electrons. The molecule has 0 saturated carbocycles. The maximum Gasteiger partial charge on any atom is 0.427 e. The van der Waals surface area contributed by atoms with Gasteiger partial charge in [0.25, 0.3) is 5.91 Å². The van der Waals surface area contributed by atoms with Gasteiger partial charge < -0.3 is 29.6 Å². The van der Waals surface area contributed by atoms with Gasteiger partial charge in [-0.15, -0.1) is 0 Å². The number of aromatic nitrogens is 3. The number of carbonyl (C=O) groups is 4. The monoisotopic (exact) mass is 765 g/mol. The minimum atomic E-state index is -1.11. The number of pyridine rings is 1. The van der Waals surface area contributed by atoms with Crippen molar-refractivity contribution in [1.29, 1.82) is 0 Å². The van der Waals surface area contributed by atoms with Gasteiger partial charge in [0.05, 0.1) is 43.4 Å². The van der Waals surface area contributed by atoms with Gasteiger partial charge in [0.2, 0.25) is 0 Å². The zero-order valence-electron chi connectivity index (χ0n) is 31.7. The lowest BCUT2D eigenvalue weighted by molar-refractivity contribution is -0.142. The molecule has 0 saturated heterocycles. The molecule has 0 unspecified atom stereocenters. The molecule has 15 nitrogen and oxygen atoms in total. The molecule has 15 heteroatoms. The van der Waals surface area contributed by atoms with Gasteiger partial charge in [-0.3, -0.25) is 14.5 Å². The number of nitrogens with zero attached hydrogens (tertiary/aromatic N) is 5. The Kier molecular flexibility index (Phi) is 16.4. The van der Waals surface area contributed by atoms with E-state index >= 15 is 0 Å². The summed E-state index contributed by atoms with van der Waals surface area (Å²) in [6, 6.07) is 24.1. The van der Waals surface area contributed by atoms with Gasteiger partial charge >= 0.3 is 18.0 Å². The van der Waals surface area contributed by atoms with Crippen LogP contribution in [0.1, 0.15) is 78.1 Å². The number of rotatable bonds is 17. The van der Waals surface area contributed by atoms with Crippen LogP contribution in [0.3, 0.4) is 0 Å². The maximum atomic E-state index is 13.6. The molecule has 3 aromatic carbocycles. The minimum Gasteiger partial charge on any atom is -0.507 e. The van der Waals surface area contributed by atoms with Crippen LogP contribution in [0.15, 0.2) is 96.2 Å². The fourth-order valence-electron chi connectivity index (χ4n) is 5.37. The summed E-state index contributed by atoms with van der Waals surface area (Å²) in [7, 11) is 1.93. The second-order valence-electron chi connectivity index (χ2n) is 12.4. The van der Waals surface area contributed by atoms with Crippen molar-refractivity contribution >= 4 is 52.7 Å². The highest BCUT2D eigenvalue weighted by Crippen LogP contribution is 2.22. The molecule has 0 aliphatic heterocycles. The summed E-state index contributed by atoms with van der Waals surface area (Å²) >= 11 is 0. The number of para-hydroxylation sites is 1. The smallest absolute Gasteiger partial charge is 0.427 e. The molecule has 0 aliphatic carbocycles. The van der Waals surface area contributed by atoms with Crippen molar-refractivity contribution in [2.45, 2.75) is 52.5 Å². The SMILES string of the molecule is CCCCCCOC(=O)NN=Cc1ccc(NCc2nc3cc(C(=O)N(CCC(=O)OCC)c4ccccn4)ccc3n2C)cc1.O=C(O)c1ccccc1O. The summed E-state index contributed by atoms with van der Waals surface area (Å²) in [6.45, 7) is 5.13. The zero-order valence-corrected chi connectivity index (χ0v) is 31.7. The molecule has 5 aromatic rings. The van der Waals surface area contributed by atoms with Crippen LogP contribution in [0.5, 0.6) is 5.75 Å². The number of unbranched alkanes of at least 4 members (excludes halogenated alkanes) is 3. The number of aromatic hydroxyl groups is 1. The largest absolute Gasteiger partial charge is 0.507 e. The van der Waals surface area contributed by atoms with Gasteiger partial charge in [0.15, 0.2) is 0 Å². The summed E-state index contributed by atoms with van der Waals surface area (Å²) in [5.41, 5.74) is 6.00. The third-order valence-corrected chi connectivity index (χ3v) is 8.33. The predicted molar refractivity (Wildman–Crippen MR) is 213 cm³/mol. The van der Waals surface area contributed by atoms with Gasteiger partial charge in [0.1, 0.15) is 23.0 Å². The highest BCUT2D eigenvalue weighted by atomic mass is 16.6. The first-order valence-corrected chi connectivity index (χ1v) is 18.3. The van der Waals surface area contributed by atoms with E-state index in [9.17, 15) is 19.2 Å². The van der Waals surface area contributed by atoms with Gasteiger partial charge in [-0.2, -0.15) is 5.10 Å². The number of hydrogen-bond donors (Lipinski definition) is 4. The lowest BCUT2D eigenvalue weighted by Crippen LogP contribution is -2.34. The number of anilines is 2. The van der Waals surface area contributed by atoms with Crippen molar-refractivity contribution < 1.29 is 38.9 Å². The topological polar surface area (TPSA) is 198 Å². The average Bonchev–Trinajstić information content (AvgIpc) is 3.52. The summed E-state index contributed by atoms with van der Waals surface area (Å²) in [4.78, 5) is 58.2. The number of carboxylic acids is 1. The number of amides is 2. The van der Waals surface area contributed by atoms with Crippen LogP contribution in [0.4, 0.5) is 16.3 Å². The number of esters is 1. The number of carboxylic acid groups (broad SMARTS) is 1. The number of benzene rings is 3. The van der Waals surface area contributed by atoms with Crippen LogP contribution in [0.2, 0.25) is 0 Å². The molecule has 2 amide bonds. The standard InChI is InChI=1S/C34H41N7O5.C7H6O3/c1-4-6-7-10-21-46-34(44)39-37-23-25-12-15-27(16-13-25)36-24-31-38-28-22-26(14-17-29(28)40(31)3)33(43)41(20-18-32(42)45-5-2)30-11-8-9-19-35-30;8-6-4-2-1-3-5(6)7(9)10/h8-9,11-17,19,22-23,36H,4-7,10,18,20-21,24H2,1-3H3,(H,39,44);1-4,8H,(H,9,10). The number of aromatic carboxylic acids is 1. The third kappa shape index (κ3) is 12.7. The summed E-state index contributed by atoms with van der Waals surface area (Å²) < 4.78 is 12.1. The van der Waals surface area contributed by atoms with Crippen LogP contribution in [-0.2, 0) is 27.9 Å². The Labute approximate surface area is 325 Å². The molecule has 5 rings (SSSR count). The van der Waals surface area contributed by atoms with E-state index in [4.69, 9.17) is 24.7 Å². The van der Waals surface area contributed by atoms with E-state index < -0.39 is 12.1 Å². The Balaban J connectivity index is 0.000000604. The Morgan fingerprint density at radius 3 is 2.38 bits per heavy atom. The molecule has 2 heterocycles. The fourth-order valence-corrected chi connectivity index (χ4v) is 5.37. The van der Waals surface area contributed by atoms with E-state index in [1.54, 1.807) is 61.8 Å². The van der Waals surface area contributed by atoms with Gasteiger partial charge in [-0.25, -0.2) is 25.0 Å².